The number of anilines is 1. The Labute approximate surface area is 198 Å². The SMILES string of the molecule is CCOC(=O)C(Cn1cc(N(CCCl)CCCl)c(=O)[nH]c1=O)N1C(=O)c2ccccc2C1=O. The Morgan fingerprint density at radius 2 is 1.64 bits per heavy atom. The van der Waals surface area contributed by atoms with E-state index in [1.54, 1.807) is 24.0 Å². The van der Waals surface area contributed by atoms with Crippen molar-refractivity contribution in [2.45, 2.75) is 19.5 Å². The van der Waals surface area contributed by atoms with Crippen LogP contribution in [0.3, 0.4) is 0 Å². The Kier molecular flexibility index (Phi) is 7.93. The molecule has 1 atom stereocenters. The van der Waals surface area contributed by atoms with Gasteiger partial charge in [-0.15, -0.1) is 23.2 Å². The maximum Gasteiger partial charge on any atom is 0.331 e. The van der Waals surface area contributed by atoms with E-state index in [0.717, 1.165) is 9.47 Å². The van der Waals surface area contributed by atoms with Gasteiger partial charge in [-0.05, 0) is 19.1 Å². The molecule has 1 aliphatic rings. The zero-order valence-corrected chi connectivity index (χ0v) is 19.3. The molecule has 0 bridgehead atoms. The first-order valence-electron chi connectivity index (χ1n) is 10.2. The number of amides is 2. The first kappa shape index (κ1) is 24.5. The van der Waals surface area contributed by atoms with E-state index in [0.29, 0.717) is 0 Å². The van der Waals surface area contributed by atoms with E-state index in [4.69, 9.17) is 27.9 Å². The molecule has 1 aromatic heterocycles. The summed E-state index contributed by atoms with van der Waals surface area (Å²) >= 11 is 11.6. The number of benzene rings is 1. The maximum absolute atomic E-state index is 12.9. The molecule has 12 heteroatoms. The average molecular weight is 497 g/mol. The van der Waals surface area contributed by atoms with Crippen LogP contribution in [0.1, 0.15) is 27.6 Å². The molecular formula is C21H22Cl2N4O6. The molecule has 176 valence electrons. The van der Waals surface area contributed by atoms with Crippen molar-refractivity contribution in [3.63, 3.8) is 0 Å². The van der Waals surface area contributed by atoms with Crippen molar-refractivity contribution in [1.82, 2.24) is 14.5 Å². The van der Waals surface area contributed by atoms with Crippen LogP contribution in [-0.2, 0) is 16.1 Å². The fourth-order valence-corrected chi connectivity index (χ4v) is 4.00. The lowest BCUT2D eigenvalue weighted by molar-refractivity contribution is -0.148. The summed E-state index contributed by atoms with van der Waals surface area (Å²) in [4.78, 5) is 68.2. The zero-order chi connectivity index (χ0) is 24.1. The molecule has 2 aromatic rings. The second-order valence-electron chi connectivity index (χ2n) is 7.08. The Morgan fingerprint density at radius 3 is 2.15 bits per heavy atom. The van der Waals surface area contributed by atoms with Gasteiger partial charge in [-0.3, -0.25) is 28.8 Å². The van der Waals surface area contributed by atoms with Gasteiger partial charge in [0.2, 0.25) is 0 Å². The number of rotatable bonds is 10. The number of nitrogens with one attached hydrogen (secondary N) is 1. The smallest absolute Gasteiger partial charge is 0.331 e. The van der Waals surface area contributed by atoms with E-state index < -0.39 is 41.6 Å². The summed E-state index contributed by atoms with van der Waals surface area (Å²) in [7, 11) is 0. The second kappa shape index (κ2) is 10.7. The number of hydrogen-bond acceptors (Lipinski definition) is 7. The fourth-order valence-electron chi connectivity index (χ4n) is 3.59. The number of H-pyrrole nitrogens is 1. The van der Waals surface area contributed by atoms with Gasteiger partial charge in [0.15, 0.2) is 6.04 Å². The number of aromatic amines is 1. The number of nitrogens with zero attached hydrogens (tertiary/aromatic N) is 3. The monoisotopic (exact) mass is 496 g/mol. The number of fused-ring (bicyclic) bond motifs is 1. The highest BCUT2D eigenvalue weighted by Gasteiger charge is 2.43. The number of carbonyl (C=O) groups is 3. The third-order valence-corrected chi connectivity index (χ3v) is 5.45. The summed E-state index contributed by atoms with van der Waals surface area (Å²) in [5, 5.41) is 0. The molecule has 0 saturated carbocycles. The van der Waals surface area contributed by atoms with Gasteiger partial charge in [0.1, 0.15) is 5.69 Å². The van der Waals surface area contributed by atoms with E-state index in [-0.39, 0.29) is 48.3 Å². The normalized spacial score (nSPS) is 13.7. The molecule has 0 aliphatic carbocycles. The Balaban J connectivity index is 2.03. The van der Waals surface area contributed by atoms with Crippen LogP contribution >= 0.6 is 23.2 Å². The first-order chi connectivity index (χ1) is 15.8. The summed E-state index contributed by atoms with van der Waals surface area (Å²) in [6, 6.07) is 4.75. The van der Waals surface area contributed by atoms with Crippen LogP contribution in [0, 0.1) is 0 Å². The van der Waals surface area contributed by atoms with Crippen molar-refractivity contribution >= 4 is 46.7 Å². The van der Waals surface area contributed by atoms with Crippen molar-refractivity contribution in [3.8, 4) is 0 Å². The highest BCUT2D eigenvalue weighted by Crippen LogP contribution is 2.25. The molecule has 33 heavy (non-hydrogen) atoms. The minimum atomic E-state index is -1.43. The van der Waals surface area contributed by atoms with Crippen molar-refractivity contribution in [3.05, 3.63) is 62.4 Å². The third-order valence-electron chi connectivity index (χ3n) is 5.11. The molecule has 0 spiro atoms. The number of aromatic nitrogens is 2. The second-order valence-corrected chi connectivity index (χ2v) is 7.84. The predicted molar refractivity (Wildman–Crippen MR) is 122 cm³/mol. The van der Waals surface area contributed by atoms with Gasteiger partial charge in [0, 0.05) is 31.0 Å². The van der Waals surface area contributed by atoms with E-state index in [2.05, 4.69) is 4.98 Å². The molecule has 0 saturated heterocycles. The quantitative estimate of drug-likeness (QED) is 0.296. The average Bonchev–Trinajstić information content (AvgIpc) is 3.04. The fraction of sp³-hybridized carbons (Fsp3) is 0.381. The molecule has 1 aliphatic heterocycles. The van der Waals surface area contributed by atoms with E-state index in [1.165, 1.54) is 18.3 Å². The number of ether oxygens (including phenoxy) is 1. The summed E-state index contributed by atoms with van der Waals surface area (Å²) in [6.45, 7) is 1.74. The highest BCUT2D eigenvalue weighted by atomic mass is 35.5. The number of imide groups is 1. The molecule has 2 amide bonds. The molecule has 1 unspecified atom stereocenters. The van der Waals surface area contributed by atoms with Crippen LogP contribution in [0.2, 0.25) is 0 Å². The molecule has 1 aromatic carbocycles. The molecule has 2 heterocycles. The molecule has 3 rings (SSSR count). The molecule has 0 radical (unpaired) electrons. The van der Waals surface area contributed by atoms with E-state index >= 15 is 0 Å². The van der Waals surface area contributed by atoms with Gasteiger partial charge in [0.25, 0.3) is 17.4 Å². The van der Waals surface area contributed by atoms with Gasteiger partial charge >= 0.3 is 11.7 Å². The minimum absolute atomic E-state index is 0.00347. The minimum Gasteiger partial charge on any atom is -0.464 e. The molecular weight excluding hydrogens is 475 g/mol. The number of carbonyl (C=O) groups excluding carboxylic acids is 3. The topological polar surface area (TPSA) is 122 Å². The maximum atomic E-state index is 12.9. The summed E-state index contributed by atoms with van der Waals surface area (Å²) in [5.41, 5.74) is -1.05. The van der Waals surface area contributed by atoms with Gasteiger partial charge in [-0.25, -0.2) is 9.59 Å². The molecule has 0 fully saturated rings. The van der Waals surface area contributed by atoms with Crippen molar-refractivity contribution < 1.29 is 19.1 Å². The number of alkyl halides is 2. The van der Waals surface area contributed by atoms with Crippen LogP contribution in [0.25, 0.3) is 0 Å². The standard InChI is InChI=1S/C21H22Cl2N4O6/c1-2-33-20(31)16(27-18(29)13-5-3-4-6-14(13)19(27)30)12-26-11-15(17(28)24-21(26)32)25(9-7-22)10-8-23/h3-6,11,16H,2,7-10,12H2,1H3,(H,24,28,32). The van der Waals surface area contributed by atoms with Gasteiger partial charge in [-0.2, -0.15) is 0 Å². The summed E-state index contributed by atoms with van der Waals surface area (Å²) < 4.78 is 6.14. The van der Waals surface area contributed by atoms with E-state index in [1.807, 2.05) is 0 Å². The van der Waals surface area contributed by atoms with Crippen LogP contribution in [-0.4, -0.2) is 69.7 Å². The van der Waals surface area contributed by atoms with Crippen molar-refractivity contribution in [2.24, 2.45) is 0 Å². The molecule has 10 nitrogen and oxygen atoms in total. The van der Waals surface area contributed by atoms with Crippen LogP contribution in [0.15, 0.2) is 40.1 Å². The third kappa shape index (κ3) is 4.96. The van der Waals surface area contributed by atoms with Crippen LogP contribution < -0.4 is 16.1 Å². The Bertz CT molecular complexity index is 1140. The highest BCUT2D eigenvalue weighted by molar-refractivity contribution is 6.22. The zero-order valence-electron chi connectivity index (χ0n) is 17.8. The number of esters is 1. The number of hydrogen-bond donors (Lipinski definition) is 1. The van der Waals surface area contributed by atoms with Crippen LogP contribution in [0.4, 0.5) is 5.69 Å². The van der Waals surface area contributed by atoms with Gasteiger partial charge in [0.05, 0.1) is 24.3 Å². The lowest BCUT2D eigenvalue weighted by Gasteiger charge is -2.26. The first-order valence-corrected chi connectivity index (χ1v) is 11.2. The Hall–Kier alpha value is -3.11. The van der Waals surface area contributed by atoms with Crippen LogP contribution in [0.5, 0.6) is 0 Å². The predicted octanol–water partition coefficient (Wildman–Crippen LogP) is 1.05. The van der Waals surface area contributed by atoms with Gasteiger partial charge in [-0.1, -0.05) is 12.1 Å². The number of halogens is 2. The van der Waals surface area contributed by atoms with Crippen molar-refractivity contribution in [1.29, 1.82) is 0 Å². The lowest BCUT2D eigenvalue weighted by atomic mass is 10.1. The van der Waals surface area contributed by atoms with E-state index in [9.17, 15) is 24.0 Å². The lowest BCUT2D eigenvalue weighted by Crippen LogP contribution is -2.50. The van der Waals surface area contributed by atoms with Gasteiger partial charge < -0.3 is 9.64 Å². The summed E-state index contributed by atoms with van der Waals surface area (Å²) in [6.07, 6.45) is 1.25. The summed E-state index contributed by atoms with van der Waals surface area (Å²) in [5.74, 6) is -1.79. The largest absolute Gasteiger partial charge is 0.464 e. The molecule has 1 N–H and O–H groups in total. The van der Waals surface area contributed by atoms with Crippen molar-refractivity contribution in [2.75, 3.05) is 36.4 Å². The Morgan fingerprint density at radius 1 is 1.06 bits per heavy atom.